The molecule has 3 rings (SSSR count). The predicted octanol–water partition coefficient (Wildman–Crippen LogP) is 7.89. The Morgan fingerprint density at radius 3 is 2.31 bits per heavy atom. The van der Waals surface area contributed by atoms with Gasteiger partial charge in [-0.1, -0.05) is 56.3 Å². The van der Waals surface area contributed by atoms with Crippen LogP contribution in [-0.2, 0) is 5.41 Å². The highest BCUT2D eigenvalue weighted by molar-refractivity contribution is 9.10. The van der Waals surface area contributed by atoms with E-state index >= 15 is 0 Å². The van der Waals surface area contributed by atoms with E-state index in [0.717, 1.165) is 25.2 Å². The molecule has 2 nitrogen and oxygen atoms in total. The summed E-state index contributed by atoms with van der Waals surface area (Å²) < 4.78 is 6.79. The molecule has 2 aromatic carbocycles. The third-order valence-corrected chi connectivity index (χ3v) is 5.87. The lowest BCUT2D eigenvalue weighted by Crippen LogP contribution is -2.10. The zero-order chi connectivity index (χ0) is 18.7. The van der Waals surface area contributed by atoms with Gasteiger partial charge < -0.3 is 4.42 Å². The summed E-state index contributed by atoms with van der Waals surface area (Å²) in [6.45, 7) is 6.60. The lowest BCUT2D eigenvalue weighted by atomic mass is 9.87. The second-order valence-corrected chi connectivity index (χ2v) is 9.23. The number of benzene rings is 2. The van der Waals surface area contributed by atoms with Crippen molar-refractivity contribution in [1.82, 2.24) is 0 Å². The first-order valence-corrected chi connectivity index (χ1v) is 10.2. The lowest BCUT2D eigenvalue weighted by Gasteiger charge is -2.18. The summed E-state index contributed by atoms with van der Waals surface area (Å²) in [6, 6.07) is 17.9. The Bertz CT molecular complexity index is 909. The monoisotopic (exact) mass is 447 g/mol. The molecule has 0 saturated heterocycles. The van der Waals surface area contributed by atoms with Crippen molar-refractivity contribution in [2.75, 3.05) is 0 Å². The van der Waals surface area contributed by atoms with Crippen LogP contribution in [0.5, 0.6) is 0 Å². The van der Waals surface area contributed by atoms with Crippen molar-refractivity contribution in [3.8, 4) is 0 Å². The fourth-order valence-electron chi connectivity index (χ4n) is 2.30. The van der Waals surface area contributed by atoms with Crippen LogP contribution >= 0.6 is 39.3 Å². The zero-order valence-corrected chi connectivity index (χ0v) is 18.0. The van der Waals surface area contributed by atoms with E-state index in [9.17, 15) is 0 Å². The highest BCUT2D eigenvalue weighted by atomic mass is 79.9. The second-order valence-electron chi connectivity index (χ2n) is 6.90. The van der Waals surface area contributed by atoms with Gasteiger partial charge in [0.15, 0.2) is 5.09 Å². The van der Waals surface area contributed by atoms with Crippen molar-refractivity contribution < 1.29 is 4.42 Å². The summed E-state index contributed by atoms with van der Waals surface area (Å²) in [7, 11) is 0. The molecule has 0 fully saturated rings. The van der Waals surface area contributed by atoms with E-state index in [1.165, 1.54) is 17.3 Å². The maximum Gasteiger partial charge on any atom is 0.179 e. The molecule has 0 aliphatic rings. The molecule has 3 aromatic rings. The largest absolute Gasteiger partial charge is 0.447 e. The molecule has 0 aliphatic carbocycles. The molecule has 0 amide bonds. The van der Waals surface area contributed by atoms with Crippen molar-refractivity contribution in [2.45, 2.75) is 36.2 Å². The molecule has 0 spiro atoms. The summed E-state index contributed by atoms with van der Waals surface area (Å²) in [5, 5.41) is 1.51. The van der Waals surface area contributed by atoms with Gasteiger partial charge in [0.2, 0.25) is 0 Å². The van der Waals surface area contributed by atoms with Gasteiger partial charge in [-0.3, -0.25) is 4.99 Å². The number of halogens is 2. The first kappa shape index (κ1) is 19.3. The number of furan rings is 1. The molecule has 5 heteroatoms. The summed E-state index contributed by atoms with van der Waals surface area (Å²) in [5.41, 5.74) is 2.33. The Morgan fingerprint density at radius 1 is 1.04 bits per heavy atom. The van der Waals surface area contributed by atoms with Crippen LogP contribution in [0, 0.1) is 0 Å². The molecular weight excluding hydrogens is 430 g/mol. The number of nitrogens with zero attached hydrogens (tertiary/aromatic N) is 1. The van der Waals surface area contributed by atoms with Crippen LogP contribution in [0.4, 0.5) is 5.69 Å². The number of aliphatic imine (C=N–C) groups is 1. The summed E-state index contributed by atoms with van der Waals surface area (Å²) in [5.74, 6) is 0.702. The Kier molecular flexibility index (Phi) is 5.96. The Hall–Kier alpha value is -1.49. The molecule has 0 unspecified atom stereocenters. The SMILES string of the molecule is CC(C)(C)c1ccc(N=Cc2cc(Br)c(Sc3ccc(Cl)cc3)o2)cc1. The first-order valence-electron chi connectivity index (χ1n) is 8.19. The highest BCUT2D eigenvalue weighted by Crippen LogP contribution is 2.36. The van der Waals surface area contributed by atoms with Crippen LogP contribution < -0.4 is 0 Å². The molecule has 0 atom stereocenters. The van der Waals surface area contributed by atoms with Gasteiger partial charge in [0.1, 0.15) is 5.76 Å². The lowest BCUT2D eigenvalue weighted by molar-refractivity contribution is 0.466. The summed E-state index contributed by atoms with van der Waals surface area (Å²) >= 11 is 11.0. The number of hydrogen-bond donors (Lipinski definition) is 0. The Labute approximate surface area is 171 Å². The standard InChI is InChI=1S/C21H19BrClNOS/c1-21(2,3)14-4-8-16(9-5-14)24-13-17-12-19(22)20(25-17)26-18-10-6-15(23)7-11-18/h4-13H,1-3H3. The topological polar surface area (TPSA) is 25.5 Å². The molecule has 0 N–H and O–H groups in total. The predicted molar refractivity (Wildman–Crippen MR) is 114 cm³/mol. The molecule has 26 heavy (non-hydrogen) atoms. The molecule has 0 aliphatic heterocycles. The van der Waals surface area contributed by atoms with Gasteiger partial charge in [0.05, 0.1) is 16.4 Å². The van der Waals surface area contributed by atoms with Crippen molar-refractivity contribution in [2.24, 2.45) is 4.99 Å². The van der Waals surface area contributed by atoms with Crippen LogP contribution in [0.2, 0.25) is 5.02 Å². The van der Waals surface area contributed by atoms with Gasteiger partial charge in [-0.25, -0.2) is 0 Å². The minimum absolute atomic E-state index is 0.141. The fourth-order valence-corrected chi connectivity index (χ4v) is 3.75. The van der Waals surface area contributed by atoms with Crippen LogP contribution in [-0.4, -0.2) is 6.21 Å². The van der Waals surface area contributed by atoms with Crippen LogP contribution in [0.3, 0.4) is 0 Å². The van der Waals surface area contributed by atoms with E-state index in [4.69, 9.17) is 16.0 Å². The van der Waals surface area contributed by atoms with Crippen molar-refractivity contribution in [3.05, 3.63) is 75.4 Å². The Morgan fingerprint density at radius 2 is 1.69 bits per heavy atom. The minimum Gasteiger partial charge on any atom is -0.447 e. The molecule has 134 valence electrons. The second kappa shape index (κ2) is 8.03. The smallest absolute Gasteiger partial charge is 0.179 e. The molecular formula is C21H19BrClNOS. The van der Waals surface area contributed by atoms with Crippen LogP contribution in [0.1, 0.15) is 32.1 Å². The van der Waals surface area contributed by atoms with Gasteiger partial charge in [-0.15, -0.1) is 0 Å². The zero-order valence-electron chi connectivity index (χ0n) is 14.8. The average Bonchev–Trinajstić information content (AvgIpc) is 2.94. The van der Waals surface area contributed by atoms with E-state index in [2.05, 4.69) is 53.8 Å². The summed E-state index contributed by atoms with van der Waals surface area (Å²) in [6.07, 6.45) is 1.74. The number of hydrogen-bond acceptors (Lipinski definition) is 3. The normalized spacial score (nSPS) is 12.0. The molecule has 0 bridgehead atoms. The van der Waals surface area contributed by atoms with E-state index < -0.39 is 0 Å². The van der Waals surface area contributed by atoms with Gasteiger partial charge in [0.25, 0.3) is 0 Å². The van der Waals surface area contributed by atoms with Gasteiger partial charge >= 0.3 is 0 Å². The van der Waals surface area contributed by atoms with Gasteiger partial charge in [-0.05, 0) is 63.3 Å². The van der Waals surface area contributed by atoms with Crippen LogP contribution in [0.25, 0.3) is 0 Å². The van der Waals surface area contributed by atoms with Gasteiger partial charge in [0, 0.05) is 16.0 Å². The maximum atomic E-state index is 5.92. The Balaban J connectivity index is 1.72. The third-order valence-electron chi connectivity index (χ3n) is 3.77. The maximum absolute atomic E-state index is 5.92. The molecule has 1 aromatic heterocycles. The van der Waals surface area contributed by atoms with Crippen molar-refractivity contribution in [1.29, 1.82) is 0 Å². The quantitative estimate of drug-likeness (QED) is 0.379. The molecule has 1 heterocycles. The van der Waals surface area contributed by atoms with Crippen LogP contribution in [0.15, 0.2) is 78.5 Å². The first-order chi connectivity index (χ1) is 12.3. The third kappa shape index (κ3) is 5.03. The minimum atomic E-state index is 0.141. The van der Waals surface area contributed by atoms with Crippen molar-refractivity contribution >= 4 is 51.2 Å². The van der Waals surface area contributed by atoms with Gasteiger partial charge in [-0.2, -0.15) is 0 Å². The van der Waals surface area contributed by atoms with E-state index in [0.29, 0.717) is 5.76 Å². The number of rotatable bonds is 4. The molecule has 0 radical (unpaired) electrons. The van der Waals surface area contributed by atoms with E-state index in [1.807, 2.05) is 42.5 Å². The van der Waals surface area contributed by atoms with E-state index in [-0.39, 0.29) is 5.41 Å². The van der Waals surface area contributed by atoms with E-state index in [1.54, 1.807) is 6.21 Å². The average molecular weight is 449 g/mol. The highest BCUT2D eigenvalue weighted by Gasteiger charge is 2.13. The summed E-state index contributed by atoms with van der Waals surface area (Å²) in [4.78, 5) is 5.57. The fraction of sp³-hybridized carbons (Fsp3) is 0.190. The molecule has 0 saturated carbocycles. The van der Waals surface area contributed by atoms with Crippen molar-refractivity contribution in [3.63, 3.8) is 0 Å².